The molecule has 4 rings (SSSR count). The van der Waals surface area contributed by atoms with Crippen LogP contribution in [0.5, 0.6) is 5.75 Å². The molecule has 0 spiro atoms. The predicted molar refractivity (Wildman–Crippen MR) is 91.9 cm³/mol. The Morgan fingerprint density at radius 1 is 1.12 bits per heavy atom. The lowest BCUT2D eigenvalue weighted by molar-refractivity contribution is -0.116. The number of carbonyl (C=O) groups excluding carboxylic acids is 2. The number of para-hydroxylation sites is 1. The van der Waals surface area contributed by atoms with Crippen LogP contribution in [0.15, 0.2) is 48.0 Å². The zero-order chi connectivity index (χ0) is 16.5. The molecule has 0 saturated carbocycles. The van der Waals surface area contributed by atoms with Crippen LogP contribution in [-0.4, -0.2) is 18.4 Å². The maximum atomic E-state index is 12.5. The minimum absolute atomic E-state index is 0.0301. The Labute approximate surface area is 139 Å². The summed E-state index contributed by atoms with van der Waals surface area (Å²) in [6.07, 6.45) is 3.01. The number of hydrogen-bond acceptors (Lipinski definition) is 3. The van der Waals surface area contributed by atoms with Crippen LogP contribution in [0.25, 0.3) is 6.08 Å². The van der Waals surface area contributed by atoms with Gasteiger partial charge in [0.15, 0.2) is 0 Å². The van der Waals surface area contributed by atoms with Crippen molar-refractivity contribution in [2.24, 2.45) is 0 Å². The second-order valence-corrected chi connectivity index (χ2v) is 5.87. The molecular formula is C19H16N2O3. The van der Waals surface area contributed by atoms with Gasteiger partial charge in [0.25, 0.3) is 5.91 Å². The Balaban J connectivity index is 1.53. The van der Waals surface area contributed by atoms with E-state index in [9.17, 15) is 9.59 Å². The highest BCUT2D eigenvalue weighted by atomic mass is 16.5. The highest BCUT2D eigenvalue weighted by Crippen LogP contribution is 2.28. The highest BCUT2D eigenvalue weighted by Gasteiger charge is 2.19. The average Bonchev–Trinajstić information content (AvgIpc) is 2.61. The summed E-state index contributed by atoms with van der Waals surface area (Å²) < 4.78 is 5.62. The van der Waals surface area contributed by atoms with Crippen molar-refractivity contribution in [2.75, 3.05) is 17.2 Å². The molecule has 2 N–H and O–H groups in total. The third kappa shape index (κ3) is 2.76. The van der Waals surface area contributed by atoms with Crippen molar-refractivity contribution in [2.45, 2.75) is 12.8 Å². The van der Waals surface area contributed by atoms with Crippen LogP contribution in [0.1, 0.15) is 17.5 Å². The van der Waals surface area contributed by atoms with Gasteiger partial charge < -0.3 is 15.4 Å². The zero-order valence-corrected chi connectivity index (χ0v) is 13.0. The topological polar surface area (TPSA) is 67.4 Å². The number of rotatable bonds is 2. The normalized spacial score (nSPS) is 15.3. The summed E-state index contributed by atoms with van der Waals surface area (Å²) in [5, 5.41) is 5.74. The number of hydrogen-bond donors (Lipinski definition) is 2. The molecule has 0 aromatic heterocycles. The standard InChI is InChI=1S/C19H16N2O3/c22-18-8-5-12-10-15(6-7-16(12)21-18)20-19(23)14-9-13-3-1-2-4-17(13)24-11-14/h1-4,6-7,9-10H,5,8,11H2,(H,20,23)(H,21,22). The fourth-order valence-electron chi connectivity index (χ4n) is 2.92. The molecule has 0 aliphatic carbocycles. The van der Waals surface area contributed by atoms with Gasteiger partial charge in [0.2, 0.25) is 5.91 Å². The minimum Gasteiger partial charge on any atom is -0.488 e. The van der Waals surface area contributed by atoms with Gasteiger partial charge in [-0.1, -0.05) is 18.2 Å². The second-order valence-electron chi connectivity index (χ2n) is 5.87. The molecule has 2 aliphatic rings. The van der Waals surface area contributed by atoms with Crippen molar-refractivity contribution in [3.63, 3.8) is 0 Å². The number of carbonyl (C=O) groups is 2. The predicted octanol–water partition coefficient (Wildman–Crippen LogP) is 2.99. The smallest absolute Gasteiger partial charge is 0.255 e. The van der Waals surface area contributed by atoms with E-state index < -0.39 is 0 Å². The molecule has 0 radical (unpaired) electrons. The van der Waals surface area contributed by atoms with Gasteiger partial charge in [0, 0.05) is 23.4 Å². The van der Waals surface area contributed by atoms with E-state index in [1.165, 1.54) is 0 Å². The summed E-state index contributed by atoms with van der Waals surface area (Å²) in [6.45, 7) is 0.254. The molecule has 0 atom stereocenters. The first kappa shape index (κ1) is 14.5. The van der Waals surface area contributed by atoms with Crippen LogP contribution in [0.2, 0.25) is 0 Å². The summed E-state index contributed by atoms with van der Waals surface area (Å²) in [5.74, 6) is 0.644. The van der Waals surface area contributed by atoms with Crippen molar-refractivity contribution >= 4 is 29.3 Å². The van der Waals surface area contributed by atoms with Gasteiger partial charge in [-0.3, -0.25) is 9.59 Å². The van der Waals surface area contributed by atoms with Gasteiger partial charge in [-0.25, -0.2) is 0 Å². The lowest BCUT2D eigenvalue weighted by Gasteiger charge is -2.19. The largest absolute Gasteiger partial charge is 0.488 e. The number of nitrogens with one attached hydrogen (secondary N) is 2. The van der Waals surface area contributed by atoms with Crippen molar-refractivity contribution in [1.29, 1.82) is 0 Å². The van der Waals surface area contributed by atoms with E-state index in [1.54, 1.807) is 6.07 Å². The Morgan fingerprint density at radius 2 is 2.00 bits per heavy atom. The van der Waals surface area contributed by atoms with Crippen LogP contribution in [0, 0.1) is 0 Å². The van der Waals surface area contributed by atoms with Crippen LogP contribution in [0.3, 0.4) is 0 Å². The molecule has 2 heterocycles. The number of ether oxygens (including phenoxy) is 1. The average molecular weight is 320 g/mol. The molecule has 24 heavy (non-hydrogen) atoms. The number of aryl methyl sites for hydroxylation is 1. The van der Waals surface area contributed by atoms with Gasteiger partial charge in [0.05, 0.1) is 5.57 Å². The summed E-state index contributed by atoms with van der Waals surface area (Å²) in [6, 6.07) is 13.1. The Kier molecular flexibility index (Phi) is 3.54. The molecular weight excluding hydrogens is 304 g/mol. The van der Waals surface area contributed by atoms with E-state index in [1.807, 2.05) is 42.5 Å². The fraction of sp³-hybridized carbons (Fsp3) is 0.158. The van der Waals surface area contributed by atoms with Gasteiger partial charge in [-0.05, 0) is 42.3 Å². The van der Waals surface area contributed by atoms with E-state index in [2.05, 4.69) is 10.6 Å². The third-order valence-corrected chi connectivity index (χ3v) is 4.18. The molecule has 5 heteroatoms. The van der Waals surface area contributed by atoms with Gasteiger partial charge in [-0.15, -0.1) is 0 Å². The minimum atomic E-state index is -0.177. The summed E-state index contributed by atoms with van der Waals surface area (Å²) in [7, 11) is 0. The van der Waals surface area contributed by atoms with Crippen molar-refractivity contribution in [1.82, 2.24) is 0 Å². The first-order chi connectivity index (χ1) is 11.7. The Morgan fingerprint density at radius 3 is 2.92 bits per heavy atom. The molecule has 2 aromatic carbocycles. The SMILES string of the molecule is O=C1CCc2cc(NC(=O)C3=Cc4ccccc4OC3)ccc2N1. The summed E-state index contributed by atoms with van der Waals surface area (Å²) in [5.41, 5.74) is 4.06. The molecule has 0 unspecified atom stereocenters. The Bertz CT molecular complexity index is 871. The summed E-state index contributed by atoms with van der Waals surface area (Å²) >= 11 is 0. The van der Waals surface area contributed by atoms with Gasteiger partial charge in [-0.2, -0.15) is 0 Å². The first-order valence-electron chi connectivity index (χ1n) is 7.85. The van der Waals surface area contributed by atoms with Crippen LogP contribution >= 0.6 is 0 Å². The molecule has 2 amide bonds. The molecule has 0 bridgehead atoms. The van der Waals surface area contributed by atoms with Crippen LogP contribution in [-0.2, 0) is 16.0 Å². The summed E-state index contributed by atoms with van der Waals surface area (Å²) in [4.78, 5) is 23.9. The van der Waals surface area contributed by atoms with E-state index >= 15 is 0 Å². The van der Waals surface area contributed by atoms with Crippen molar-refractivity contribution in [3.8, 4) is 5.75 Å². The zero-order valence-electron chi connectivity index (χ0n) is 13.0. The van der Waals surface area contributed by atoms with Crippen LogP contribution < -0.4 is 15.4 Å². The number of benzene rings is 2. The van der Waals surface area contributed by atoms with E-state index in [-0.39, 0.29) is 18.4 Å². The Hall–Kier alpha value is -3.08. The molecule has 2 aliphatic heterocycles. The van der Waals surface area contributed by atoms with Gasteiger partial charge >= 0.3 is 0 Å². The van der Waals surface area contributed by atoms with Crippen molar-refractivity contribution in [3.05, 3.63) is 59.2 Å². The molecule has 120 valence electrons. The van der Waals surface area contributed by atoms with Crippen molar-refractivity contribution < 1.29 is 14.3 Å². The van der Waals surface area contributed by atoms with E-state index in [4.69, 9.17) is 4.74 Å². The molecule has 2 aromatic rings. The number of fused-ring (bicyclic) bond motifs is 2. The fourth-order valence-corrected chi connectivity index (χ4v) is 2.92. The van der Waals surface area contributed by atoms with Gasteiger partial charge in [0.1, 0.15) is 12.4 Å². The number of amides is 2. The lowest BCUT2D eigenvalue weighted by atomic mass is 10.0. The molecule has 0 saturated heterocycles. The molecule has 5 nitrogen and oxygen atoms in total. The highest BCUT2D eigenvalue weighted by molar-refractivity contribution is 6.07. The maximum Gasteiger partial charge on any atom is 0.255 e. The lowest BCUT2D eigenvalue weighted by Crippen LogP contribution is -2.22. The first-order valence-corrected chi connectivity index (χ1v) is 7.85. The van der Waals surface area contributed by atoms with E-state index in [0.29, 0.717) is 18.4 Å². The van der Waals surface area contributed by atoms with E-state index in [0.717, 1.165) is 28.3 Å². The number of anilines is 2. The molecule has 0 fully saturated rings. The second kappa shape index (κ2) is 5.85. The maximum absolute atomic E-state index is 12.5. The quantitative estimate of drug-likeness (QED) is 0.894. The van der Waals surface area contributed by atoms with Crippen LogP contribution in [0.4, 0.5) is 11.4 Å². The third-order valence-electron chi connectivity index (χ3n) is 4.18. The monoisotopic (exact) mass is 320 g/mol.